The van der Waals surface area contributed by atoms with E-state index in [-0.39, 0.29) is 23.8 Å². The standard InChI is InChI=1S/C19H33N5O2/c1-6-15(21-19(26)17-13(2)12-24(5)22-17)11-20-18(25)14-7-9-16(10-8-14)23(3)4/h12,14-16H,6-11H2,1-5H3,(H,20,25)(H,21,26). The van der Waals surface area contributed by atoms with Crippen molar-refractivity contribution in [2.24, 2.45) is 13.0 Å². The van der Waals surface area contributed by atoms with Crippen LogP contribution in [-0.4, -0.2) is 59.2 Å². The van der Waals surface area contributed by atoms with Crippen LogP contribution >= 0.6 is 0 Å². The highest BCUT2D eigenvalue weighted by atomic mass is 16.2. The Morgan fingerprint density at radius 1 is 1.31 bits per heavy atom. The van der Waals surface area contributed by atoms with Crippen LogP contribution in [0.5, 0.6) is 0 Å². The molecule has 1 atom stereocenters. The lowest BCUT2D eigenvalue weighted by Crippen LogP contribution is -2.46. The Morgan fingerprint density at radius 3 is 2.46 bits per heavy atom. The first kappa shape index (κ1) is 20.4. The molecule has 146 valence electrons. The highest BCUT2D eigenvalue weighted by molar-refractivity contribution is 5.93. The van der Waals surface area contributed by atoms with Gasteiger partial charge < -0.3 is 15.5 Å². The lowest BCUT2D eigenvalue weighted by Gasteiger charge is -2.32. The molecule has 1 aliphatic carbocycles. The molecule has 0 spiro atoms. The maximum Gasteiger partial charge on any atom is 0.272 e. The van der Waals surface area contributed by atoms with Crippen molar-refractivity contribution in [2.75, 3.05) is 20.6 Å². The highest BCUT2D eigenvalue weighted by Crippen LogP contribution is 2.26. The molecule has 1 saturated carbocycles. The molecular weight excluding hydrogens is 330 g/mol. The first-order valence-corrected chi connectivity index (χ1v) is 9.57. The summed E-state index contributed by atoms with van der Waals surface area (Å²) in [7, 11) is 6.00. The third kappa shape index (κ3) is 5.30. The van der Waals surface area contributed by atoms with Crippen molar-refractivity contribution >= 4 is 11.8 Å². The molecule has 1 heterocycles. The number of aromatic nitrogens is 2. The Balaban J connectivity index is 1.80. The van der Waals surface area contributed by atoms with E-state index in [0.717, 1.165) is 37.7 Å². The summed E-state index contributed by atoms with van der Waals surface area (Å²) in [5.74, 6) is 0.0251. The van der Waals surface area contributed by atoms with E-state index < -0.39 is 0 Å². The van der Waals surface area contributed by atoms with Crippen LogP contribution in [-0.2, 0) is 11.8 Å². The van der Waals surface area contributed by atoms with Crippen LogP contribution in [0.4, 0.5) is 0 Å². The van der Waals surface area contributed by atoms with Crippen LogP contribution in [0, 0.1) is 12.8 Å². The van der Waals surface area contributed by atoms with Gasteiger partial charge in [0.15, 0.2) is 5.69 Å². The van der Waals surface area contributed by atoms with Gasteiger partial charge in [0.2, 0.25) is 5.91 Å². The van der Waals surface area contributed by atoms with Crippen molar-refractivity contribution in [2.45, 2.75) is 58.0 Å². The molecule has 1 unspecified atom stereocenters. The fraction of sp³-hybridized carbons (Fsp3) is 0.737. The van der Waals surface area contributed by atoms with Crippen molar-refractivity contribution in [3.05, 3.63) is 17.5 Å². The molecule has 0 bridgehead atoms. The largest absolute Gasteiger partial charge is 0.354 e. The molecule has 7 nitrogen and oxygen atoms in total. The Morgan fingerprint density at radius 2 is 1.96 bits per heavy atom. The topological polar surface area (TPSA) is 79.3 Å². The Labute approximate surface area is 156 Å². The zero-order chi connectivity index (χ0) is 19.3. The van der Waals surface area contributed by atoms with Crippen LogP contribution in [0.15, 0.2) is 6.20 Å². The fourth-order valence-corrected chi connectivity index (χ4v) is 3.61. The predicted octanol–water partition coefficient (Wildman–Crippen LogP) is 1.47. The average molecular weight is 364 g/mol. The summed E-state index contributed by atoms with van der Waals surface area (Å²) in [4.78, 5) is 27.1. The van der Waals surface area contributed by atoms with Gasteiger partial charge in [0.05, 0.1) is 0 Å². The van der Waals surface area contributed by atoms with Gasteiger partial charge >= 0.3 is 0 Å². The van der Waals surface area contributed by atoms with Gasteiger partial charge in [-0.3, -0.25) is 14.3 Å². The highest BCUT2D eigenvalue weighted by Gasteiger charge is 2.27. The molecule has 1 aliphatic rings. The summed E-state index contributed by atoms with van der Waals surface area (Å²) >= 11 is 0. The molecule has 0 radical (unpaired) electrons. The summed E-state index contributed by atoms with van der Waals surface area (Å²) in [5.41, 5.74) is 1.29. The minimum absolute atomic E-state index is 0.0917. The molecule has 0 aromatic carbocycles. The van der Waals surface area contributed by atoms with Crippen LogP contribution in [0.25, 0.3) is 0 Å². The van der Waals surface area contributed by atoms with E-state index in [0.29, 0.717) is 18.3 Å². The second-order valence-corrected chi connectivity index (χ2v) is 7.63. The Hall–Kier alpha value is -1.89. The molecule has 1 fully saturated rings. The van der Waals surface area contributed by atoms with E-state index in [4.69, 9.17) is 0 Å². The van der Waals surface area contributed by atoms with E-state index in [2.05, 4.69) is 34.7 Å². The zero-order valence-corrected chi connectivity index (χ0v) is 16.7. The summed E-state index contributed by atoms with van der Waals surface area (Å²) in [5, 5.41) is 10.2. The van der Waals surface area contributed by atoms with Gasteiger partial charge in [-0.25, -0.2) is 0 Å². The van der Waals surface area contributed by atoms with Gasteiger partial charge in [0.1, 0.15) is 0 Å². The van der Waals surface area contributed by atoms with Crippen LogP contribution in [0.1, 0.15) is 55.1 Å². The van der Waals surface area contributed by atoms with Crippen LogP contribution in [0.2, 0.25) is 0 Å². The van der Waals surface area contributed by atoms with Gasteiger partial charge in [-0.2, -0.15) is 5.10 Å². The maximum absolute atomic E-state index is 12.5. The van der Waals surface area contributed by atoms with Gasteiger partial charge in [0.25, 0.3) is 5.91 Å². The third-order valence-corrected chi connectivity index (χ3v) is 5.38. The van der Waals surface area contributed by atoms with Crippen molar-refractivity contribution in [3.8, 4) is 0 Å². The van der Waals surface area contributed by atoms with E-state index in [1.807, 2.05) is 20.0 Å². The van der Waals surface area contributed by atoms with Crippen molar-refractivity contribution in [3.63, 3.8) is 0 Å². The van der Waals surface area contributed by atoms with E-state index in [9.17, 15) is 9.59 Å². The monoisotopic (exact) mass is 363 g/mol. The number of aryl methyl sites for hydroxylation is 2. The van der Waals surface area contributed by atoms with Crippen molar-refractivity contribution in [1.29, 1.82) is 0 Å². The maximum atomic E-state index is 12.5. The van der Waals surface area contributed by atoms with Crippen LogP contribution in [0.3, 0.4) is 0 Å². The Bertz CT molecular complexity index is 617. The average Bonchev–Trinajstić information content (AvgIpc) is 2.96. The second kappa shape index (κ2) is 9.16. The third-order valence-electron chi connectivity index (χ3n) is 5.38. The van der Waals surface area contributed by atoms with Gasteiger partial charge in [-0.1, -0.05) is 6.92 Å². The van der Waals surface area contributed by atoms with Gasteiger partial charge in [0, 0.05) is 43.4 Å². The SMILES string of the molecule is CCC(CNC(=O)C1CCC(N(C)C)CC1)NC(=O)c1nn(C)cc1C. The molecule has 1 aromatic heterocycles. The van der Waals surface area contributed by atoms with Gasteiger partial charge in [-0.15, -0.1) is 0 Å². The first-order chi connectivity index (χ1) is 12.3. The second-order valence-electron chi connectivity index (χ2n) is 7.63. The first-order valence-electron chi connectivity index (χ1n) is 9.57. The number of rotatable bonds is 7. The lowest BCUT2D eigenvalue weighted by atomic mass is 9.85. The molecule has 1 aromatic rings. The molecule has 7 heteroatoms. The number of hydrogen-bond acceptors (Lipinski definition) is 4. The number of amides is 2. The zero-order valence-electron chi connectivity index (χ0n) is 16.7. The van der Waals surface area contributed by atoms with Crippen molar-refractivity contribution in [1.82, 2.24) is 25.3 Å². The summed E-state index contributed by atoms with van der Waals surface area (Å²) < 4.78 is 1.64. The van der Waals surface area contributed by atoms with E-state index in [1.165, 1.54) is 0 Å². The number of carbonyl (C=O) groups excluding carboxylic acids is 2. The van der Waals surface area contributed by atoms with Crippen molar-refractivity contribution < 1.29 is 9.59 Å². The molecule has 2 N–H and O–H groups in total. The fourth-order valence-electron chi connectivity index (χ4n) is 3.61. The summed E-state index contributed by atoms with van der Waals surface area (Å²) in [6.07, 6.45) is 6.58. The molecule has 0 saturated heterocycles. The normalized spacial score (nSPS) is 21.5. The predicted molar refractivity (Wildman–Crippen MR) is 102 cm³/mol. The molecule has 26 heavy (non-hydrogen) atoms. The minimum atomic E-state index is -0.185. The number of carbonyl (C=O) groups is 2. The summed E-state index contributed by atoms with van der Waals surface area (Å²) in [6.45, 7) is 4.33. The summed E-state index contributed by atoms with van der Waals surface area (Å²) in [6, 6.07) is 0.495. The molecular formula is C19H33N5O2. The van der Waals surface area contributed by atoms with E-state index in [1.54, 1.807) is 11.7 Å². The van der Waals surface area contributed by atoms with Crippen LogP contribution < -0.4 is 10.6 Å². The molecule has 2 amide bonds. The minimum Gasteiger partial charge on any atom is -0.354 e. The number of nitrogens with zero attached hydrogens (tertiary/aromatic N) is 3. The number of hydrogen-bond donors (Lipinski definition) is 2. The van der Waals surface area contributed by atoms with E-state index >= 15 is 0 Å². The molecule has 2 rings (SSSR count). The lowest BCUT2D eigenvalue weighted by molar-refractivity contribution is -0.126. The number of nitrogens with one attached hydrogen (secondary N) is 2. The van der Waals surface area contributed by atoms with Gasteiger partial charge in [-0.05, 0) is 53.1 Å². The smallest absolute Gasteiger partial charge is 0.272 e. The Kier molecular flexibility index (Phi) is 7.20. The molecule has 0 aliphatic heterocycles. The quantitative estimate of drug-likeness (QED) is 0.769.